The molecule has 3 heterocycles. The van der Waals surface area contributed by atoms with Crippen molar-refractivity contribution in [2.45, 2.75) is 33.7 Å². The molecule has 5 nitrogen and oxygen atoms in total. The first-order chi connectivity index (χ1) is 11.6. The molecule has 0 aliphatic carbocycles. The third-order valence-corrected chi connectivity index (χ3v) is 4.48. The van der Waals surface area contributed by atoms with Crippen molar-refractivity contribution in [3.63, 3.8) is 0 Å². The molecule has 0 saturated carbocycles. The number of anilines is 1. The molecule has 0 unspecified atom stereocenters. The molecule has 0 N–H and O–H groups in total. The Balaban J connectivity index is 1.71. The predicted octanol–water partition coefficient (Wildman–Crippen LogP) is 3.15. The Bertz CT molecular complexity index is 897. The van der Waals surface area contributed by atoms with E-state index in [9.17, 15) is 0 Å². The maximum Gasteiger partial charge on any atom is 0.252 e. The molecule has 0 fully saturated rings. The van der Waals surface area contributed by atoms with Crippen molar-refractivity contribution in [3.05, 3.63) is 64.6 Å². The topological polar surface area (TPSA) is 46.8 Å². The molecular formula is C19H21N5. The lowest BCUT2D eigenvalue weighted by Crippen LogP contribution is -2.31. The lowest BCUT2D eigenvalue weighted by atomic mass is 10.00. The van der Waals surface area contributed by atoms with Crippen molar-refractivity contribution in [2.24, 2.45) is 0 Å². The van der Waals surface area contributed by atoms with Gasteiger partial charge in [0.2, 0.25) is 0 Å². The molecule has 0 radical (unpaired) electrons. The molecule has 0 atom stereocenters. The highest BCUT2D eigenvalue weighted by Crippen LogP contribution is 2.24. The standard InChI is InChI=1S/C19H21N5/c1-13-11-18(21-19(20-13)24-15(3)10-14(2)22-24)23-9-8-16-6-4-5-7-17(16)12-23/h4-7,10-11H,8-9,12H2,1-3H3. The molecule has 0 saturated heterocycles. The van der Waals surface area contributed by atoms with E-state index in [0.29, 0.717) is 5.95 Å². The molecule has 1 aliphatic heterocycles. The summed E-state index contributed by atoms with van der Waals surface area (Å²) in [4.78, 5) is 11.7. The monoisotopic (exact) mass is 319 g/mol. The first kappa shape index (κ1) is 14.9. The van der Waals surface area contributed by atoms with Crippen LogP contribution in [0.4, 0.5) is 5.82 Å². The molecule has 0 bridgehead atoms. The Morgan fingerprint density at radius 2 is 1.71 bits per heavy atom. The van der Waals surface area contributed by atoms with E-state index in [1.165, 1.54) is 11.1 Å². The fraction of sp³-hybridized carbons (Fsp3) is 0.316. The van der Waals surface area contributed by atoms with Gasteiger partial charge < -0.3 is 4.90 Å². The second-order valence-corrected chi connectivity index (χ2v) is 6.45. The van der Waals surface area contributed by atoms with E-state index in [2.05, 4.69) is 45.3 Å². The van der Waals surface area contributed by atoms with Crippen LogP contribution >= 0.6 is 0 Å². The highest BCUT2D eigenvalue weighted by molar-refractivity contribution is 5.46. The van der Waals surface area contributed by atoms with Gasteiger partial charge in [0.1, 0.15) is 5.82 Å². The van der Waals surface area contributed by atoms with E-state index in [1.54, 1.807) is 0 Å². The van der Waals surface area contributed by atoms with E-state index in [4.69, 9.17) is 4.98 Å². The van der Waals surface area contributed by atoms with Gasteiger partial charge in [0.25, 0.3) is 5.95 Å². The van der Waals surface area contributed by atoms with E-state index in [0.717, 1.165) is 42.4 Å². The van der Waals surface area contributed by atoms with Crippen molar-refractivity contribution in [2.75, 3.05) is 11.4 Å². The predicted molar refractivity (Wildman–Crippen MR) is 94.6 cm³/mol. The van der Waals surface area contributed by atoms with Crippen LogP contribution in [0.3, 0.4) is 0 Å². The summed E-state index contributed by atoms with van der Waals surface area (Å²) < 4.78 is 1.82. The number of aromatic nitrogens is 4. The zero-order chi connectivity index (χ0) is 16.7. The molecule has 0 spiro atoms. The normalized spacial score (nSPS) is 13.9. The largest absolute Gasteiger partial charge is 0.352 e. The number of hydrogen-bond donors (Lipinski definition) is 0. The van der Waals surface area contributed by atoms with Crippen LogP contribution in [-0.4, -0.2) is 26.3 Å². The molecule has 122 valence electrons. The van der Waals surface area contributed by atoms with Gasteiger partial charge in [-0.15, -0.1) is 0 Å². The van der Waals surface area contributed by atoms with Crippen LogP contribution < -0.4 is 4.90 Å². The fourth-order valence-electron chi connectivity index (χ4n) is 3.32. The first-order valence-corrected chi connectivity index (χ1v) is 8.31. The number of nitrogens with zero attached hydrogens (tertiary/aromatic N) is 5. The van der Waals surface area contributed by atoms with E-state index in [-0.39, 0.29) is 0 Å². The minimum Gasteiger partial charge on any atom is -0.352 e. The summed E-state index contributed by atoms with van der Waals surface area (Å²) in [6.07, 6.45) is 1.05. The van der Waals surface area contributed by atoms with Gasteiger partial charge >= 0.3 is 0 Å². The Labute approximate surface area is 142 Å². The average molecular weight is 319 g/mol. The van der Waals surface area contributed by atoms with Crippen LogP contribution in [0.1, 0.15) is 28.2 Å². The molecular weight excluding hydrogens is 298 g/mol. The Kier molecular flexibility index (Phi) is 3.56. The SMILES string of the molecule is Cc1cc(N2CCc3ccccc3C2)nc(-n2nc(C)cc2C)n1. The van der Waals surface area contributed by atoms with Crippen molar-refractivity contribution < 1.29 is 0 Å². The van der Waals surface area contributed by atoms with Gasteiger partial charge in [0.15, 0.2) is 0 Å². The van der Waals surface area contributed by atoms with Crippen LogP contribution in [0, 0.1) is 20.8 Å². The highest BCUT2D eigenvalue weighted by Gasteiger charge is 2.19. The van der Waals surface area contributed by atoms with Gasteiger partial charge in [0.05, 0.1) is 5.69 Å². The number of rotatable bonds is 2. The summed E-state index contributed by atoms with van der Waals surface area (Å²) in [6, 6.07) is 12.8. The zero-order valence-corrected chi connectivity index (χ0v) is 14.3. The summed E-state index contributed by atoms with van der Waals surface area (Å²) in [7, 11) is 0. The van der Waals surface area contributed by atoms with Crippen LogP contribution in [0.15, 0.2) is 36.4 Å². The minimum atomic E-state index is 0.648. The molecule has 24 heavy (non-hydrogen) atoms. The molecule has 2 aromatic heterocycles. The number of hydrogen-bond acceptors (Lipinski definition) is 4. The summed E-state index contributed by atoms with van der Waals surface area (Å²) in [5.41, 5.74) is 5.81. The average Bonchev–Trinajstić information content (AvgIpc) is 2.92. The molecule has 5 heteroatoms. The molecule has 0 amide bonds. The lowest BCUT2D eigenvalue weighted by molar-refractivity contribution is 0.705. The van der Waals surface area contributed by atoms with Crippen LogP contribution in [0.25, 0.3) is 5.95 Å². The van der Waals surface area contributed by atoms with E-state index < -0.39 is 0 Å². The zero-order valence-electron chi connectivity index (χ0n) is 14.3. The molecule has 3 aromatic rings. The third-order valence-electron chi connectivity index (χ3n) is 4.48. The van der Waals surface area contributed by atoms with Gasteiger partial charge in [-0.1, -0.05) is 24.3 Å². The third kappa shape index (κ3) is 2.66. The van der Waals surface area contributed by atoms with Crippen molar-refractivity contribution in [1.29, 1.82) is 0 Å². The van der Waals surface area contributed by atoms with Gasteiger partial charge in [0, 0.05) is 30.5 Å². The van der Waals surface area contributed by atoms with Gasteiger partial charge in [-0.3, -0.25) is 0 Å². The summed E-state index contributed by atoms with van der Waals surface area (Å²) >= 11 is 0. The number of aryl methyl sites for hydroxylation is 3. The van der Waals surface area contributed by atoms with E-state index in [1.807, 2.05) is 31.5 Å². The van der Waals surface area contributed by atoms with Gasteiger partial charge in [-0.25, -0.2) is 9.67 Å². The van der Waals surface area contributed by atoms with Gasteiger partial charge in [-0.2, -0.15) is 10.1 Å². The second kappa shape index (κ2) is 5.74. The first-order valence-electron chi connectivity index (χ1n) is 8.31. The maximum absolute atomic E-state index is 4.79. The fourth-order valence-corrected chi connectivity index (χ4v) is 3.32. The van der Waals surface area contributed by atoms with Crippen molar-refractivity contribution in [1.82, 2.24) is 19.7 Å². The highest BCUT2D eigenvalue weighted by atomic mass is 15.4. The van der Waals surface area contributed by atoms with Crippen molar-refractivity contribution >= 4 is 5.82 Å². The quantitative estimate of drug-likeness (QED) is 0.728. The Morgan fingerprint density at radius 1 is 0.917 bits per heavy atom. The number of fused-ring (bicyclic) bond motifs is 1. The molecule has 4 rings (SSSR count). The van der Waals surface area contributed by atoms with Gasteiger partial charge in [-0.05, 0) is 44.4 Å². The maximum atomic E-state index is 4.79. The number of benzene rings is 1. The summed E-state index contributed by atoms with van der Waals surface area (Å²) in [5.74, 6) is 1.62. The summed E-state index contributed by atoms with van der Waals surface area (Å²) in [6.45, 7) is 7.90. The Hall–Kier alpha value is -2.69. The van der Waals surface area contributed by atoms with Crippen LogP contribution in [0.5, 0.6) is 0 Å². The second-order valence-electron chi connectivity index (χ2n) is 6.45. The van der Waals surface area contributed by atoms with Crippen molar-refractivity contribution in [3.8, 4) is 5.95 Å². The Morgan fingerprint density at radius 3 is 2.46 bits per heavy atom. The molecule has 1 aromatic carbocycles. The smallest absolute Gasteiger partial charge is 0.252 e. The minimum absolute atomic E-state index is 0.648. The van der Waals surface area contributed by atoms with E-state index >= 15 is 0 Å². The lowest BCUT2D eigenvalue weighted by Gasteiger charge is -2.30. The summed E-state index contributed by atoms with van der Waals surface area (Å²) in [5, 5.41) is 4.52. The molecule has 1 aliphatic rings. The van der Waals surface area contributed by atoms with Crippen LogP contribution in [-0.2, 0) is 13.0 Å². The van der Waals surface area contributed by atoms with Crippen LogP contribution in [0.2, 0.25) is 0 Å².